The smallest absolute Gasteiger partial charge is 0.307 e. The van der Waals surface area contributed by atoms with E-state index in [1.165, 1.54) is 36.7 Å². The average molecular weight is 467 g/mol. The molecule has 0 radical (unpaired) electrons. The highest BCUT2D eigenvalue weighted by atomic mass is 32.1. The zero-order valence-electron chi connectivity index (χ0n) is 18.6. The lowest BCUT2D eigenvalue weighted by Crippen LogP contribution is -1.93. The Bertz CT molecular complexity index is 2060. The second-order valence-electron chi connectivity index (χ2n) is 8.80. The van der Waals surface area contributed by atoms with Crippen molar-refractivity contribution in [3.8, 4) is 17.1 Å². The summed E-state index contributed by atoms with van der Waals surface area (Å²) in [7, 11) is 0. The lowest BCUT2D eigenvalue weighted by atomic mass is 10.00. The highest BCUT2D eigenvalue weighted by molar-refractivity contribution is 7.26. The lowest BCUT2D eigenvalue weighted by Gasteiger charge is -2.05. The SMILES string of the molecule is c1ccc(-c2cccc3c2c2ccccc2n3-c2nc3ccc4sc5ccccc5c4c3o2)cc1. The van der Waals surface area contributed by atoms with Crippen LogP contribution in [0.3, 0.4) is 0 Å². The number of hydrogen-bond donors (Lipinski definition) is 0. The Morgan fingerprint density at radius 1 is 0.600 bits per heavy atom. The van der Waals surface area contributed by atoms with Gasteiger partial charge in [0.1, 0.15) is 5.52 Å². The van der Waals surface area contributed by atoms with Crippen LogP contribution in [0.15, 0.2) is 114 Å². The molecule has 4 heteroatoms. The number of aromatic nitrogens is 2. The maximum atomic E-state index is 6.61. The molecule has 5 aromatic carbocycles. The Balaban J connectivity index is 1.49. The molecule has 0 amide bonds. The van der Waals surface area contributed by atoms with Gasteiger partial charge in [-0.1, -0.05) is 78.9 Å². The van der Waals surface area contributed by atoms with Gasteiger partial charge in [0.2, 0.25) is 0 Å². The van der Waals surface area contributed by atoms with E-state index < -0.39 is 0 Å². The molecular formula is C31H18N2OS. The minimum Gasteiger partial charge on any atom is -0.422 e. The van der Waals surface area contributed by atoms with Crippen LogP contribution in [0.25, 0.3) is 70.2 Å². The Hall–Kier alpha value is -4.41. The minimum atomic E-state index is 0.596. The van der Waals surface area contributed by atoms with Crippen LogP contribution >= 0.6 is 11.3 Å². The summed E-state index contributed by atoms with van der Waals surface area (Å²) >= 11 is 1.79. The normalized spacial score (nSPS) is 12.0. The molecule has 0 spiro atoms. The molecular weight excluding hydrogens is 448 g/mol. The van der Waals surface area contributed by atoms with E-state index in [1.807, 2.05) is 0 Å². The molecule has 0 bridgehead atoms. The first-order valence-corrected chi connectivity index (χ1v) is 12.5. The van der Waals surface area contributed by atoms with Crippen molar-refractivity contribution >= 4 is 64.4 Å². The third-order valence-corrected chi connectivity index (χ3v) is 7.99. The van der Waals surface area contributed by atoms with Crippen LogP contribution in [-0.4, -0.2) is 9.55 Å². The van der Waals surface area contributed by atoms with Crippen molar-refractivity contribution in [2.24, 2.45) is 0 Å². The Labute approximate surface area is 204 Å². The van der Waals surface area contributed by atoms with Gasteiger partial charge in [0.15, 0.2) is 5.58 Å². The summed E-state index contributed by atoms with van der Waals surface area (Å²) in [5.74, 6) is 0. The van der Waals surface area contributed by atoms with Crippen molar-refractivity contribution in [1.29, 1.82) is 0 Å². The molecule has 0 N–H and O–H groups in total. The number of benzene rings is 5. The third kappa shape index (κ3) is 2.63. The van der Waals surface area contributed by atoms with Gasteiger partial charge in [0, 0.05) is 30.9 Å². The van der Waals surface area contributed by atoms with Crippen molar-refractivity contribution in [2.75, 3.05) is 0 Å². The Morgan fingerprint density at radius 3 is 2.29 bits per heavy atom. The maximum Gasteiger partial charge on any atom is 0.307 e. The monoisotopic (exact) mass is 466 g/mol. The number of rotatable bonds is 2. The number of para-hydroxylation sites is 1. The third-order valence-electron chi connectivity index (χ3n) is 6.86. The molecule has 8 rings (SSSR count). The lowest BCUT2D eigenvalue weighted by molar-refractivity contribution is 0.577. The van der Waals surface area contributed by atoms with Crippen LogP contribution in [-0.2, 0) is 0 Å². The van der Waals surface area contributed by atoms with E-state index in [9.17, 15) is 0 Å². The number of nitrogens with zero attached hydrogens (tertiary/aromatic N) is 2. The quantitative estimate of drug-likeness (QED) is 0.255. The Morgan fingerprint density at radius 2 is 1.37 bits per heavy atom. The van der Waals surface area contributed by atoms with Crippen molar-refractivity contribution in [2.45, 2.75) is 0 Å². The largest absolute Gasteiger partial charge is 0.422 e. The molecule has 164 valence electrons. The molecule has 0 saturated carbocycles. The second kappa shape index (κ2) is 7.05. The van der Waals surface area contributed by atoms with Crippen molar-refractivity contribution in [1.82, 2.24) is 9.55 Å². The first-order chi connectivity index (χ1) is 17.4. The molecule has 35 heavy (non-hydrogen) atoms. The molecule has 0 unspecified atom stereocenters. The molecule has 3 heterocycles. The zero-order valence-corrected chi connectivity index (χ0v) is 19.4. The van der Waals surface area contributed by atoms with E-state index in [0.29, 0.717) is 6.01 Å². The van der Waals surface area contributed by atoms with Gasteiger partial charge in [-0.3, -0.25) is 4.57 Å². The van der Waals surface area contributed by atoms with E-state index >= 15 is 0 Å². The van der Waals surface area contributed by atoms with Gasteiger partial charge < -0.3 is 4.42 Å². The van der Waals surface area contributed by atoms with Crippen LogP contribution in [0, 0.1) is 0 Å². The predicted octanol–water partition coefficient (Wildman–Crippen LogP) is 8.96. The van der Waals surface area contributed by atoms with Crippen LogP contribution in [0.5, 0.6) is 0 Å². The predicted molar refractivity (Wildman–Crippen MR) is 147 cm³/mol. The molecule has 0 fully saturated rings. The summed E-state index contributed by atoms with van der Waals surface area (Å²) in [4.78, 5) is 5.00. The fraction of sp³-hybridized carbons (Fsp3) is 0. The fourth-order valence-electron chi connectivity index (χ4n) is 5.36. The molecule has 8 aromatic rings. The molecule has 3 nitrogen and oxygen atoms in total. The van der Waals surface area contributed by atoms with Crippen LogP contribution in [0.1, 0.15) is 0 Å². The van der Waals surface area contributed by atoms with Gasteiger partial charge in [0.05, 0.1) is 11.0 Å². The van der Waals surface area contributed by atoms with Gasteiger partial charge in [-0.2, -0.15) is 4.98 Å². The number of fused-ring (bicyclic) bond motifs is 8. The highest BCUT2D eigenvalue weighted by Crippen LogP contribution is 2.41. The molecule has 0 saturated heterocycles. The summed E-state index contributed by atoms with van der Waals surface area (Å²) in [5.41, 5.74) is 6.31. The number of thiophene rings is 1. The van der Waals surface area contributed by atoms with Gasteiger partial charge in [0.25, 0.3) is 0 Å². The summed E-state index contributed by atoms with van der Waals surface area (Å²) in [6, 6.07) is 38.9. The van der Waals surface area contributed by atoms with Crippen molar-refractivity contribution in [3.63, 3.8) is 0 Å². The number of hydrogen-bond acceptors (Lipinski definition) is 3. The average Bonchev–Trinajstić information content (AvgIpc) is 3.59. The Kier molecular flexibility index (Phi) is 3.82. The zero-order chi connectivity index (χ0) is 22.9. The van der Waals surface area contributed by atoms with E-state index in [4.69, 9.17) is 9.40 Å². The standard InChI is InChI=1S/C31H18N2OS/c1-2-9-19(10-3-1)20-13-8-15-25-28(20)21-11-4-6-14-24(21)33(25)31-32-23-17-18-27-29(30(23)34-31)22-12-5-7-16-26(22)35-27/h1-18H. The van der Waals surface area contributed by atoms with Gasteiger partial charge in [-0.15, -0.1) is 11.3 Å². The molecule has 0 aliphatic heterocycles. The maximum absolute atomic E-state index is 6.61. The van der Waals surface area contributed by atoms with E-state index in [2.05, 4.69) is 114 Å². The highest BCUT2D eigenvalue weighted by Gasteiger charge is 2.20. The van der Waals surface area contributed by atoms with Crippen molar-refractivity contribution < 1.29 is 4.42 Å². The second-order valence-corrected chi connectivity index (χ2v) is 9.88. The number of oxazole rings is 1. The molecule has 0 aliphatic carbocycles. The van der Waals surface area contributed by atoms with Crippen LogP contribution < -0.4 is 0 Å². The fourth-order valence-corrected chi connectivity index (χ4v) is 6.47. The molecule has 0 aliphatic rings. The topological polar surface area (TPSA) is 31.0 Å². The summed E-state index contributed by atoms with van der Waals surface area (Å²) in [5, 5.41) is 4.76. The van der Waals surface area contributed by atoms with Gasteiger partial charge in [-0.25, -0.2) is 0 Å². The van der Waals surface area contributed by atoms with Crippen LogP contribution in [0.2, 0.25) is 0 Å². The van der Waals surface area contributed by atoms with E-state index in [0.717, 1.165) is 27.5 Å². The summed E-state index contributed by atoms with van der Waals surface area (Å²) < 4.78 is 11.3. The van der Waals surface area contributed by atoms with Crippen LogP contribution in [0.4, 0.5) is 0 Å². The minimum absolute atomic E-state index is 0.596. The van der Waals surface area contributed by atoms with Gasteiger partial charge in [-0.05, 0) is 41.5 Å². The first-order valence-electron chi connectivity index (χ1n) is 11.7. The van der Waals surface area contributed by atoms with Crippen molar-refractivity contribution in [3.05, 3.63) is 109 Å². The van der Waals surface area contributed by atoms with E-state index in [1.54, 1.807) is 11.3 Å². The summed E-state index contributed by atoms with van der Waals surface area (Å²) in [6.07, 6.45) is 0. The van der Waals surface area contributed by atoms with E-state index in [-0.39, 0.29) is 0 Å². The first kappa shape index (κ1) is 19.0. The summed E-state index contributed by atoms with van der Waals surface area (Å²) in [6.45, 7) is 0. The molecule has 3 aromatic heterocycles. The van der Waals surface area contributed by atoms with Gasteiger partial charge >= 0.3 is 6.01 Å². The molecule has 0 atom stereocenters.